The quantitative estimate of drug-likeness (QED) is 0.926. The summed E-state index contributed by atoms with van der Waals surface area (Å²) in [6.45, 7) is 5.64. The monoisotopic (exact) mass is 316 g/mol. The summed E-state index contributed by atoms with van der Waals surface area (Å²) in [6.07, 6.45) is 1.55. The highest BCUT2D eigenvalue weighted by atomic mass is 35.5. The zero-order valence-electron chi connectivity index (χ0n) is 11.8. The Morgan fingerprint density at radius 1 is 1.30 bits per heavy atom. The Bertz CT molecular complexity index is 416. The predicted octanol–water partition coefficient (Wildman–Crippen LogP) is 2.76. The number of nitrogens with zero attached hydrogens (tertiary/aromatic N) is 1. The van der Waals surface area contributed by atoms with Crippen molar-refractivity contribution in [1.29, 1.82) is 0 Å². The number of carbonyl (C=O) groups excluding carboxylic acids is 1. The van der Waals surface area contributed by atoms with Gasteiger partial charge in [-0.15, -0.1) is 12.4 Å². The minimum atomic E-state index is 0. The van der Waals surface area contributed by atoms with Crippen LogP contribution in [0.1, 0.15) is 18.9 Å². The fourth-order valence-electron chi connectivity index (χ4n) is 2.44. The second kappa shape index (κ2) is 8.50. The number of benzene rings is 1. The number of amides is 1. The lowest BCUT2D eigenvalue weighted by Gasteiger charge is -2.28. The Balaban J connectivity index is 0.00000200. The van der Waals surface area contributed by atoms with Gasteiger partial charge in [-0.3, -0.25) is 4.79 Å². The molecule has 1 heterocycles. The number of hydrogen-bond donors (Lipinski definition) is 1. The molecule has 0 saturated carbocycles. The Morgan fingerprint density at radius 3 is 2.50 bits per heavy atom. The standard InChI is InChI=1S/C15H21ClN2O.ClH/c1-12(10-13-2-4-14(16)5-3-13)11-15(19)18-8-6-17-7-9-18;/h2-5,12,17H,6-11H2,1H3;1H. The minimum absolute atomic E-state index is 0. The zero-order valence-corrected chi connectivity index (χ0v) is 13.3. The van der Waals surface area contributed by atoms with Gasteiger partial charge in [-0.1, -0.05) is 30.7 Å². The molecule has 1 N–H and O–H groups in total. The molecule has 2 rings (SSSR count). The normalized spacial score (nSPS) is 16.4. The molecule has 112 valence electrons. The van der Waals surface area contributed by atoms with Crippen LogP contribution in [0.25, 0.3) is 0 Å². The average Bonchev–Trinajstić information content (AvgIpc) is 2.42. The Labute approximate surface area is 132 Å². The summed E-state index contributed by atoms with van der Waals surface area (Å²) >= 11 is 5.87. The van der Waals surface area contributed by atoms with E-state index < -0.39 is 0 Å². The molecule has 0 aromatic heterocycles. The average molecular weight is 317 g/mol. The highest BCUT2D eigenvalue weighted by Gasteiger charge is 2.18. The van der Waals surface area contributed by atoms with Crippen molar-refractivity contribution in [1.82, 2.24) is 10.2 Å². The molecule has 20 heavy (non-hydrogen) atoms. The molecule has 1 aromatic carbocycles. The van der Waals surface area contributed by atoms with E-state index in [1.165, 1.54) is 5.56 Å². The van der Waals surface area contributed by atoms with E-state index in [0.29, 0.717) is 12.3 Å². The summed E-state index contributed by atoms with van der Waals surface area (Å²) in [5, 5.41) is 4.02. The van der Waals surface area contributed by atoms with Crippen molar-refractivity contribution in [2.45, 2.75) is 19.8 Å². The predicted molar refractivity (Wildman–Crippen MR) is 85.6 cm³/mol. The third kappa shape index (κ3) is 5.31. The summed E-state index contributed by atoms with van der Waals surface area (Å²) in [4.78, 5) is 14.1. The number of carbonyl (C=O) groups is 1. The van der Waals surface area contributed by atoms with Crippen LogP contribution in [0.3, 0.4) is 0 Å². The second-order valence-corrected chi connectivity index (χ2v) is 5.71. The Morgan fingerprint density at radius 2 is 1.90 bits per heavy atom. The van der Waals surface area contributed by atoms with Crippen molar-refractivity contribution in [2.75, 3.05) is 26.2 Å². The number of halogens is 2. The molecule has 1 unspecified atom stereocenters. The molecule has 1 aliphatic rings. The second-order valence-electron chi connectivity index (χ2n) is 5.27. The fraction of sp³-hybridized carbons (Fsp3) is 0.533. The lowest BCUT2D eigenvalue weighted by Crippen LogP contribution is -2.46. The maximum Gasteiger partial charge on any atom is 0.222 e. The van der Waals surface area contributed by atoms with Crippen LogP contribution in [0.4, 0.5) is 0 Å². The maximum atomic E-state index is 12.1. The topological polar surface area (TPSA) is 32.3 Å². The lowest BCUT2D eigenvalue weighted by atomic mass is 9.97. The first kappa shape index (κ1) is 17.3. The van der Waals surface area contributed by atoms with Crippen LogP contribution < -0.4 is 5.32 Å². The lowest BCUT2D eigenvalue weighted by molar-refractivity contribution is -0.132. The molecule has 0 bridgehead atoms. The molecule has 1 saturated heterocycles. The van der Waals surface area contributed by atoms with Crippen molar-refractivity contribution < 1.29 is 4.79 Å². The van der Waals surface area contributed by atoms with Crippen LogP contribution in [-0.2, 0) is 11.2 Å². The molecular weight excluding hydrogens is 295 g/mol. The van der Waals surface area contributed by atoms with Crippen molar-refractivity contribution in [3.05, 3.63) is 34.9 Å². The van der Waals surface area contributed by atoms with Crippen LogP contribution in [0, 0.1) is 5.92 Å². The van der Waals surface area contributed by atoms with Gasteiger partial charge in [0.15, 0.2) is 0 Å². The van der Waals surface area contributed by atoms with E-state index in [2.05, 4.69) is 12.2 Å². The first-order valence-electron chi connectivity index (χ1n) is 6.88. The van der Waals surface area contributed by atoms with Gasteiger partial charge in [-0.25, -0.2) is 0 Å². The van der Waals surface area contributed by atoms with Gasteiger partial charge in [0.1, 0.15) is 0 Å². The van der Waals surface area contributed by atoms with Crippen molar-refractivity contribution >= 4 is 29.9 Å². The summed E-state index contributed by atoms with van der Waals surface area (Å²) in [5.74, 6) is 0.645. The van der Waals surface area contributed by atoms with Gasteiger partial charge in [0, 0.05) is 37.6 Å². The van der Waals surface area contributed by atoms with Crippen LogP contribution in [0.15, 0.2) is 24.3 Å². The highest BCUT2D eigenvalue weighted by Crippen LogP contribution is 2.16. The van der Waals surface area contributed by atoms with Gasteiger partial charge in [0.2, 0.25) is 5.91 Å². The molecule has 0 radical (unpaired) electrons. The van der Waals surface area contributed by atoms with Crippen LogP contribution in [-0.4, -0.2) is 37.0 Å². The zero-order chi connectivity index (χ0) is 13.7. The summed E-state index contributed by atoms with van der Waals surface area (Å²) in [6, 6.07) is 7.88. The fourth-order valence-corrected chi connectivity index (χ4v) is 2.56. The van der Waals surface area contributed by atoms with E-state index in [1.807, 2.05) is 29.2 Å². The molecular formula is C15H22Cl2N2O. The van der Waals surface area contributed by atoms with E-state index >= 15 is 0 Å². The smallest absolute Gasteiger partial charge is 0.222 e. The molecule has 1 aliphatic heterocycles. The molecule has 0 aliphatic carbocycles. The Hall–Kier alpha value is -0.770. The third-order valence-corrected chi connectivity index (χ3v) is 3.74. The van der Waals surface area contributed by atoms with E-state index in [4.69, 9.17) is 11.6 Å². The molecule has 5 heteroatoms. The molecule has 1 fully saturated rings. The summed E-state index contributed by atoms with van der Waals surface area (Å²) in [5.41, 5.74) is 1.24. The molecule has 3 nitrogen and oxygen atoms in total. The molecule has 1 aromatic rings. The number of rotatable bonds is 4. The van der Waals surface area contributed by atoms with Gasteiger partial charge >= 0.3 is 0 Å². The van der Waals surface area contributed by atoms with Crippen molar-refractivity contribution in [3.63, 3.8) is 0 Å². The van der Waals surface area contributed by atoms with E-state index in [-0.39, 0.29) is 18.3 Å². The Kier molecular flexibility index (Phi) is 7.35. The van der Waals surface area contributed by atoms with Crippen molar-refractivity contribution in [3.8, 4) is 0 Å². The molecule has 0 spiro atoms. The van der Waals surface area contributed by atoms with Crippen molar-refractivity contribution in [2.24, 2.45) is 5.92 Å². The SMILES string of the molecule is CC(CC(=O)N1CCNCC1)Cc1ccc(Cl)cc1.Cl. The molecule has 1 amide bonds. The maximum absolute atomic E-state index is 12.1. The van der Waals surface area contributed by atoms with Gasteiger partial charge in [-0.05, 0) is 30.0 Å². The number of hydrogen-bond acceptors (Lipinski definition) is 2. The largest absolute Gasteiger partial charge is 0.340 e. The van der Waals surface area contributed by atoms with Gasteiger partial charge in [0.25, 0.3) is 0 Å². The highest BCUT2D eigenvalue weighted by molar-refractivity contribution is 6.30. The third-order valence-electron chi connectivity index (χ3n) is 3.49. The van der Waals surface area contributed by atoms with Gasteiger partial charge in [0.05, 0.1) is 0 Å². The summed E-state index contributed by atoms with van der Waals surface area (Å²) in [7, 11) is 0. The first-order valence-corrected chi connectivity index (χ1v) is 7.26. The summed E-state index contributed by atoms with van der Waals surface area (Å²) < 4.78 is 0. The number of nitrogens with one attached hydrogen (secondary N) is 1. The van der Waals surface area contributed by atoms with E-state index in [0.717, 1.165) is 37.6 Å². The van der Waals surface area contributed by atoms with E-state index in [9.17, 15) is 4.79 Å². The van der Waals surface area contributed by atoms with Crippen LogP contribution in [0.5, 0.6) is 0 Å². The van der Waals surface area contributed by atoms with Crippen LogP contribution >= 0.6 is 24.0 Å². The first-order chi connectivity index (χ1) is 9.15. The van der Waals surface area contributed by atoms with Gasteiger partial charge < -0.3 is 10.2 Å². The van der Waals surface area contributed by atoms with Gasteiger partial charge in [-0.2, -0.15) is 0 Å². The van der Waals surface area contributed by atoms with E-state index in [1.54, 1.807) is 0 Å². The molecule has 1 atom stereocenters. The van der Waals surface area contributed by atoms with Crippen LogP contribution in [0.2, 0.25) is 5.02 Å². The number of piperazine rings is 1. The minimum Gasteiger partial charge on any atom is -0.340 e.